The number of thioether (sulfide) groups is 1. The molecule has 1 unspecified atom stereocenters. The van der Waals surface area contributed by atoms with Gasteiger partial charge in [0.25, 0.3) is 11.1 Å². The van der Waals surface area contributed by atoms with Crippen molar-refractivity contribution in [1.29, 1.82) is 0 Å². The third kappa shape index (κ3) is 4.56. The number of carbonyl (C=O) groups is 2. The topological polar surface area (TPSA) is 46.6 Å². The average molecular weight is 420 g/mol. The summed E-state index contributed by atoms with van der Waals surface area (Å²) in [5.41, 5.74) is 0.894. The van der Waals surface area contributed by atoms with Crippen LogP contribution in [0, 0.1) is 5.82 Å². The van der Waals surface area contributed by atoms with Crippen molar-refractivity contribution in [1.82, 2.24) is 4.90 Å². The van der Waals surface area contributed by atoms with Crippen LogP contribution < -0.4 is 4.74 Å². The van der Waals surface area contributed by atoms with Crippen LogP contribution in [0.4, 0.5) is 9.18 Å². The molecule has 0 radical (unpaired) electrons. The molecule has 4 nitrogen and oxygen atoms in total. The molecule has 1 fully saturated rings. The van der Waals surface area contributed by atoms with Crippen LogP contribution in [-0.4, -0.2) is 22.2 Å². The summed E-state index contributed by atoms with van der Waals surface area (Å²) in [6.45, 7) is 3.84. The second-order valence-electron chi connectivity index (χ2n) is 6.37. The number of hydrogen-bond donors (Lipinski definition) is 0. The van der Waals surface area contributed by atoms with Gasteiger partial charge in [-0.25, -0.2) is 4.39 Å². The molecule has 1 aliphatic rings. The second-order valence-corrected chi connectivity index (χ2v) is 7.77. The van der Waals surface area contributed by atoms with Gasteiger partial charge in [-0.3, -0.25) is 14.5 Å². The highest BCUT2D eigenvalue weighted by Gasteiger charge is 2.35. The van der Waals surface area contributed by atoms with Gasteiger partial charge in [0.05, 0.1) is 17.6 Å². The number of hydrogen-bond acceptors (Lipinski definition) is 4. The molecule has 28 heavy (non-hydrogen) atoms. The van der Waals surface area contributed by atoms with E-state index in [1.807, 2.05) is 38.1 Å². The number of amides is 2. The van der Waals surface area contributed by atoms with Crippen LogP contribution in [0.15, 0.2) is 47.4 Å². The number of carbonyl (C=O) groups excluding carboxylic acids is 2. The van der Waals surface area contributed by atoms with Gasteiger partial charge in [-0.2, -0.15) is 0 Å². The summed E-state index contributed by atoms with van der Waals surface area (Å²) in [6, 6.07) is 11.5. The summed E-state index contributed by atoms with van der Waals surface area (Å²) >= 11 is 6.84. The van der Waals surface area contributed by atoms with E-state index in [4.69, 9.17) is 16.3 Å². The lowest BCUT2D eigenvalue weighted by Gasteiger charge is -2.14. The van der Waals surface area contributed by atoms with Gasteiger partial charge in [0, 0.05) is 10.6 Å². The first kappa shape index (κ1) is 20.4. The van der Waals surface area contributed by atoms with Crippen LogP contribution in [0.3, 0.4) is 0 Å². The fourth-order valence-corrected chi connectivity index (χ4v) is 3.65. The van der Waals surface area contributed by atoms with Crippen molar-refractivity contribution in [3.8, 4) is 5.75 Å². The lowest BCUT2D eigenvalue weighted by molar-refractivity contribution is -0.123. The van der Waals surface area contributed by atoms with E-state index in [9.17, 15) is 14.0 Å². The van der Waals surface area contributed by atoms with Gasteiger partial charge >= 0.3 is 0 Å². The molecule has 0 spiro atoms. The predicted octanol–water partition coefficient (Wildman–Crippen LogP) is 5.89. The Bertz CT molecular complexity index is 909. The van der Waals surface area contributed by atoms with Crippen molar-refractivity contribution in [3.05, 3.63) is 69.3 Å². The maximum absolute atomic E-state index is 14.0. The highest BCUT2D eigenvalue weighted by atomic mass is 35.5. The highest BCUT2D eigenvalue weighted by Crippen LogP contribution is 2.34. The molecule has 2 amide bonds. The summed E-state index contributed by atoms with van der Waals surface area (Å²) in [5, 5.41) is -0.271. The second kappa shape index (κ2) is 8.80. The van der Waals surface area contributed by atoms with Crippen molar-refractivity contribution in [2.45, 2.75) is 32.9 Å². The molecular weight excluding hydrogens is 401 g/mol. The van der Waals surface area contributed by atoms with Crippen molar-refractivity contribution in [3.63, 3.8) is 0 Å². The van der Waals surface area contributed by atoms with Crippen LogP contribution in [-0.2, 0) is 11.3 Å². The molecule has 0 saturated carbocycles. The molecule has 3 rings (SSSR count). The summed E-state index contributed by atoms with van der Waals surface area (Å²) in [5.74, 6) is -0.268. The highest BCUT2D eigenvalue weighted by molar-refractivity contribution is 8.18. The monoisotopic (exact) mass is 419 g/mol. The number of halogens is 2. The van der Waals surface area contributed by atoms with E-state index in [2.05, 4.69) is 0 Å². The molecule has 1 saturated heterocycles. The fourth-order valence-electron chi connectivity index (χ4n) is 2.59. The van der Waals surface area contributed by atoms with E-state index in [1.165, 1.54) is 18.2 Å². The Labute approximate surface area is 172 Å². The number of ether oxygens (including phenoxy) is 1. The molecule has 7 heteroatoms. The van der Waals surface area contributed by atoms with Crippen molar-refractivity contribution < 1.29 is 18.7 Å². The molecule has 0 N–H and O–H groups in total. The first-order valence-corrected chi connectivity index (χ1v) is 10.0. The van der Waals surface area contributed by atoms with Crippen LogP contribution in [0.2, 0.25) is 5.02 Å². The van der Waals surface area contributed by atoms with Gasteiger partial charge in [0.15, 0.2) is 0 Å². The third-order valence-electron chi connectivity index (χ3n) is 4.34. The molecule has 2 aromatic carbocycles. The van der Waals surface area contributed by atoms with Crippen molar-refractivity contribution in [2.75, 3.05) is 0 Å². The Hall–Kier alpha value is -2.31. The first-order valence-electron chi connectivity index (χ1n) is 8.84. The number of rotatable bonds is 6. The van der Waals surface area contributed by atoms with Crippen LogP contribution in [0.5, 0.6) is 5.75 Å². The zero-order valence-electron chi connectivity index (χ0n) is 15.4. The quantitative estimate of drug-likeness (QED) is 0.547. The van der Waals surface area contributed by atoms with Gasteiger partial charge in [0.1, 0.15) is 11.6 Å². The van der Waals surface area contributed by atoms with Crippen LogP contribution in [0.25, 0.3) is 6.08 Å². The molecule has 146 valence electrons. The van der Waals surface area contributed by atoms with E-state index < -0.39 is 17.0 Å². The SMILES string of the molecule is CCC(C)Oc1ccc(/C=C2\SC(=O)N(Cc3c(F)cccc3Cl)C2=O)cc1. The smallest absolute Gasteiger partial charge is 0.293 e. The number of nitrogens with zero attached hydrogens (tertiary/aromatic N) is 1. The zero-order chi connectivity index (χ0) is 20.3. The van der Waals surface area contributed by atoms with E-state index in [0.29, 0.717) is 0 Å². The predicted molar refractivity (Wildman–Crippen MR) is 110 cm³/mol. The minimum absolute atomic E-state index is 0.118. The molecule has 1 heterocycles. The van der Waals surface area contributed by atoms with Crippen LogP contribution in [0.1, 0.15) is 31.4 Å². The Morgan fingerprint density at radius 1 is 1.21 bits per heavy atom. The first-order chi connectivity index (χ1) is 13.4. The molecule has 2 aromatic rings. The average Bonchev–Trinajstić information content (AvgIpc) is 2.93. The van der Waals surface area contributed by atoms with Gasteiger partial charge in [-0.05, 0) is 61.0 Å². The van der Waals surface area contributed by atoms with E-state index >= 15 is 0 Å². The fraction of sp³-hybridized carbons (Fsp3) is 0.238. The lowest BCUT2D eigenvalue weighted by Crippen LogP contribution is -2.28. The molecule has 0 aliphatic carbocycles. The maximum atomic E-state index is 14.0. The van der Waals surface area contributed by atoms with Gasteiger partial charge in [0.2, 0.25) is 0 Å². The Kier molecular flexibility index (Phi) is 6.42. The molecule has 0 bridgehead atoms. The van der Waals surface area contributed by atoms with Gasteiger partial charge in [-0.15, -0.1) is 0 Å². The van der Waals surface area contributed by atoms with Crippen molar-refractivity contribution in [2.24, 2.45) is 0 Å². The Morgan fingerprint density at radius 3 is 2.57 bits per heavy atom. The molecule has 1 aliphatic heterocycles. The van der Waals surface area contributed by atoms with Gasteiger partial charge < -0.3 is 4.74 Å². The molecule has 1 atom stereocenters. The summed E-state index contributed by atoms with van der Waals surface area (Å²) in [7, 11) is 0. The standard InChI is InChI=1S/C21H19ClFNO3S/c1-3-13(2)27-15-9-7-14(8-10-15)11-19-20(25)24(21(26)28-19)12-16-17(22)5-4-6-18(16)23/h4-11,13H,3,12H2,1-2H3/b19-11-. The van der Waals surface area contributed by atoms with E-state index in [-0.39, 0.29) is 28.1 Å². The molecular formula is C21H19ClFNO3S. The Morgan fingerprint density at radius 2 is 1.93 bits per heavy atom. The summed E-state index contributed by atoms with van der Waals surface area (Å²) < 4.78 is 19.7. The zero-order valence-corrected chi connectivity index (χ0v) is 17.0. The minimum atomic E-state index is -0.549. The lowest BCUT2D eigenvalue weighted by atomic mass is 10.2. The largest absolute Gasteiger partial charge is 0.491 e. The number of benzene rings is 2. The van der Waals surface area contributed by atoms with Gasteiger partial charge in [-0.1, -0.05) is 36.7 Å². The number of imide groups is 1. The van der Waals surface area contributed by atoms with E-state index in [1.54, 1.807) is 6.08 Å². The van der Waals surface area contributed by atoms with Crippen LogP contribution >= 0.6 is 23.4 Å². The molecule has 0 aromatic heterocycles. The minimum Gasteiger partial charge on any atom is -0.491 e. The van der Waals surface area contributed by atoms with Crippen molar-refractivity contribution >= 4 is 40.6 Å². The maximum Gasteiger partial charge on any atom is 0.293 e. The normalized spacial score (nSPS) is 16.7. The third-order valence-corrected chi connectivity index (χ3v) is 5.60. The Balaban J connectivity index is 1.76. The summed E-state index contributed by atoms with van der Waals surface area (Å²) in [4.78, 5) is 26.2. The van der Waals surface area contributed by atoms with E-state index in [0.717, 1.165) is 34.4 Å². The summed E-state index contributed by atoms with van der Waals surface area (Å²) in [6.07, 6.45) is 2.66.